The fraction of sp³-hybridized carbons (Fsp3) is 0.545. The van der Waals surface area contributed by atoms with E-state index in [9.17, 15) is 4.79 Å². The third-order valence-corrected chi connectivity index (χ3v) is 7.05. The van der Waals surface area contributed by atoms with Crippen LogP contribution in [0.2, 0.25) is 0 Å². The minimum absolute atomic E-state index is 0.0425. The molecule has 0 spiro atoms. The van der Waals surface area contributed by atoms with E-state index in [4.69, 9.17) is 0 Å². The smallest absolute Gasteiger partial charge is 0.251 e. The van der Waals surface area contributed by atoms with Crippen LogP contribution in [0.5, 0.6) is 0 Å². The molecule has 4 heteroatoms. The minimum Gasteiger partial charge on any atom is -0.349 e. The Labute approximate surface area is 156 Å². The van der Waals surface area contributed by atoms with Crippen molar-refractivity contribution < 1.29 is 4.79 Å². The van der Waals surface area contributed by atoms with Crippen LogP contribution >= 0.6 is 0 Å². The largest absolute Gasteiger partial charge is 0.349 e. The number of benzene rings is 1. The van der Waals surface area contributed by atoms with Gasteiger partial charge in [0.05, 0.1) is 11.4 Å². The summed E-state index contributed by atoms with van der Waals surface area (Å²) >= 11 is 0. The van der Waals surface area contributed by atoms with E-state index in [2.05, 4.69) is 37.3 Å². The summed E-state index contributed by atoms with van der Waals surface area (Å²) in [6, 6.07) is 10.1. The van der Waals surface area contributed by atoms with Gasteiger partial charge in [0.25, 0.3) is 5.91 Å². The molecule has 4 nitrogen and oxygen atoms in total. The Morgan fingerprint density at radius 3 is 2.42 bits per heavy atom. The zero-order valence-electron chi connectivity index (χ0n) is 16.4. The number of hydrogen-bond acceptors (Lipinski definition) is 2. The first-order chi connectivity index (χ1) is 12.3. The minimum atomic E-state index is 0.0425. The molecule has 1 aromatic heterocycles. The number of nitrogens with zero attached hydrogens (tertiary/aromatic N) is 2. The molecule has 4 atom stereocenters. The van der Waals surface area contributed by atoms with Crippen molar-refractivity contribution in [1.82, 2.24) is 15.1 Å². The zero-order chi connectivity index (χ0) is 18.6. The Balaban J connectivity index is 1.45. The number of carbonyl (C=O) groups excluding carboxylic acids is 1. The van der Waals surface area contributed by atoms with Gasteiger partial charge in [0, 0.05) is 17.3 Å². The fourth-order valence-corrected chi connectivity index (χ4v) is 5.24. The van der Waals surface area contributed by atoms with Crippen LogP contribution < -0.4 is 5.32 Å². The number of hydrogen-bond donors (Lipinski definition) is 1. The summed E-state index contributed by atoms with van der Waals surface area (Å²) in [7, 11) is 0. The van der Waals surface area contributed by atoms with Gasteiger partial charge in [0.2, 0.25) is 0 Å². The third kappa shape index (κ3) is 2.67. The Bertz CT molecular complexity index is 834. The predicted molar refractivity (Wildman–Crippen MR) is 103 cm³/mol. The third-order valence-electron chi connectivity index (χ3n) is 7.05. The number of aromatic nitrogens is 2. The molecule has 26 heavy (non-hydrogen) atoms. The molecule has 3 saturated carbocycles. The van der Waals surface area contributed by atoms with Gasteiger partial charge in [-0.15, -0.1) is 0 Å². The quantitative estimate of drug-likeness (QED) is 0.897. The number of rotatable bonds is 3. The second-order valence-corrected chi connectivity index (χ2v) is 8.92. The van der Waals surface area contributed by atoms with Crippen molar-refractivity contribution in [3.8, 4) is 5.69 Å². The van der Waals surface area contributed by atoms with Crippen LogP contribution in [0.1, 0.15) is 55.4 Å². The average Bonchev–Trinajstić information content (AvgIpc) is 2.94. The molecular weight excluding hydrogens is 322 g/mol. The van der Waals surface area contributed by atoms with E-state index in [0.717, 1.165) is 40.9 Å². The lowest BCUT2D eigenvalue weighted by Gasteiger charge is -2.62. The number of amides is 1. The van der Waals surface area contributed by atoms with Crippen molar-refractivity contribution >= 4 is 5.91 Å². The van der Waals surface area contributed by atoms with Crippen molar-refractivity contribution in [3.05, 3.63) is 47.3 Å². The van der Waals surface area contributed by atoms with Gasteiger partial charge in [-0.1, -0.05) is 20.8 Å². The summed E-state index contributed by atoms with van der Waals surface area (Å²) in [5, 5.41) is 7.80. The molecule has 3 aliphatic carbocycles. The molecule has 0 saturated heterocycles. The number of fused-ring (bicyclic) bond motifs is 2. The van der Waals surface area contributed by atoms with Gasteiger partial charge in [0.15, 0.2) is 0 Å². The zero-order valence-corrected chi connectivity index (χ0v) is 16.4. The van der Waals surface area contributed by atoms with Gasteiger partial charge in [-0.25, -0.2) is 4.68 Å². The number of nitrogens with one attached hydrogen (secondary N) is 1. The molecule has 0 unspecified atom stereocenters. The standard InChI is InChI=1S/C22H29N3O/c1-13-10-14(2)25(24-13)18-8-6-16(7-9-18)21(26)23-20-12-17-11-19(15(20)3)22(17,4)5/h6-10,15,17,19-20H,11-12H2,1-5H3,(H,23,26)/t15-,17+,19-,20-/m1/s1. The molecule has 0 aliphatic heterocycles. The van der Waals surface area contributed by atoms with Crippen molar-refractivity contribution in [2.75, 3.05) is 0 Å². The molecule has 1 amide bonds. The van der Waals surface area contributed by atoms with E-state index in [-0.39, 0.29) is 5.91 Å². The van der Waals surface area contributed by atoms with Crippen LogP contribution in [-0.4, -0.2) is 21.7 Å². The lowest BCUT2D eigenvalue weighted by atomic mass is 9.45. The molecule has 2 aromatic rings. The fourth-order valence-electron chi connectivity index (χ4n) is 5.24. The van der Waals surface area contributed by atoms with Gasteiger partial charge in [0.1, 0.15) is 0 Å². The maximum Gasteiger partial charge on any atom is 0.251 e. The Morgan fingerprint density at radius 2 is 1.88 bits per heavy atom. The van der Waals surface area contributed by atoms with Crippen molar-refractivity contribution in [2.24, 2.45) is 23.2 Å². The number of aryl methyl sites for hydroxylation is 2. The van der Waals surface area contributed by atoms with E-state index in [1.165, 1.54) is 6.42 Å². The van der Waals surface area contributed by atoms with E-state index >= 15 is 0 Å². The summed E-state index contributed by atoms with van der Waals surface area (Å²) in [5.41, 5.74) is 4.25. The Hall–Kier alpha value is -2.10. The molecule has 1 aromatic carbocycles. The maximum atomic E-state index is 12.7. The first-order valence-electron chi connectivity index (χ1n) is 9.72. The molecule has 3 aliphatic rings. The van der Waals surface area contributed by atoms with E-state index in [1.807, 2.05) is 42.8 Å². The van der Waals surface area contributed by atoms with Crippen molar-refractivity contribution in [3.63, 3.8) is 0 Å². The summed E-state index contributed by atoms with van der Waals surface area (Å²) in [6.07, 6.45) is 2.44. The summed E-state index contributed by atoms with van der Waals surface area (Å²) in [6.45, 7) is 11.1. The van der Waals surface area contributed by atoms with Crippen LogP contribution in [0.3, 0.4) is 0 Å². The molecule has 2 bridgehead atoms. The van der Waals surface area contributed by atoms with Crippen molar-refractivity contribution in [2.45, 2.75) is 53.5 Å². The van der Waals surface area contributed by atoms with E-state index in [0.29, 0.717) is 17.4 Å². The Morgan fingerprint density at radius 1 is 1.19 bits per heavy atom. The van der Waals surface area contributed by atoms with E-state index < -0.39 is 0 Å². The first kappa shape index (κ1) is 17.3. The Kier molecular flexibility index (Phi) is 3.98. The molecule has 1 N–H and O–H groups in total. The molecule has 5 rings (SSSR count). The van der Waals surface area contributed by atoms with Gasteiger partial charge in [-0.3, -0.25) is 4.79 Å². The van der Waals surface area contributed by atoms with Crippen LogP contribution in [0.4, 0.5) is 0 Å². The van der Waals surface area contributed by atoms with Crippen LogP contribution in [0.15, 0.2) is 30.3 Å². The van der Waals surface area contributed by atoms with E-state index in [1.54, 1.807) is 0 Å². The normalized spacial score (nSPS) is 29.1. The monoisotopic (exact) mass is 351 g/mol. The SMILES string of the molecule is Cc1cc(C)n(-c2ccc(C(=O)N[C@@H]3C[C@@H]4C[C@H]([C@H]3C)C4(C)C)cc2)n1. The number of carbonyl (C=O) groups is 1. The molecule has 138 valence electrons. The lowest BCUT2D eigenvalue weighted by Crippen LogP contribution is -2.60. The maximum absolute atomic E-state index is 12.7. The highest BCUT2D eigenvalue weighted by Gasteiger charge is 2.56. The van der Waals surface area contributed by atoms with Crippen LogP contribution in [-0.2, 0) is 0 Å². The molecule has 0 radical (unpaired) electrons. The average molecular weight is 351 g/mol. The second kappa shape index (κ2) is 5.97. The predicted octanol–water partition coefficient (Wildman–Crippen LogP) is 4.29. The van der Waals surface area contributed by atoms with Gasteiger partial charge < -0.3 is 5.32 Å². The highest BCUT2D eigenvalue weighted by molar-refractivity contribution is 5.94. The van der Waals surface area contributed by atoms with Crippen LogP contribution in [0, 0.1) is 37.0 Å². The summed E-state index contributed by atoms with van der Waals surface area (Å²) in [5.74, 6) is 2.08. The topological polar surface area (TPSA) is 46.9 Å². The second-order valence-electron chi connectivity index (χ2n) is 8.92. The molecule has 1 heterocycles. The molecule has 3 fully saturated rings. The summed E-state index contributed by atoms with van der Waals surface area (Å²) < 4.78 is 1.91. The van der Waals surface area contributed by atoms with Crippen LogP contribution in [0.25, 0.3) is 5.69 Å². The summed E-state index contributed by atoms with van der Waals surface area (Å²) in [4.78, 5) is 12.7. The van der Waals surface area contributed by atoms with Gasteiger partial charge >= 0.3 is 0 Å². The van der Waals surface area contributed by atoms with Gasteiger partial charge in [-0.2, -0.15) is 5.10 Å². The highest BCUT2D eigenvalue weighted by atomic mass is 16.1. The van der Waals surface area contributed by atoms with Gasteiger partial charge in [-0.05, 0) is 80.2 Å². The van der Waals surface area contributed by atoms with Crippen molar-refractivity contribution in [1.29, 1.82) is 0 Å². The first-order valence-corrected chi connectivity index (χ1v) is 9.72. The lowest BCUT2D eigenvalue weighted by molar-refractivity contribution is -0.113. The highest BCUT2D eigenvalue weighted by Crippen LogP contribution is 2.61. The molecular formula is C22H29N3O.